The molecule has 4 rings (SSSR count). The largest absolute Gasteiger partial charge is 0.389 e. The molecular weight excluding hydrogens is 411 g/mol. The van der Waals surface area contributed by atoms with Crippen molar-refractivity contribution < 1.29 is 19.0 Å². The number of benzene rings is 1. The topological polar surface area (TPSA) is 78.8 Å². The summed E-state index contributed by atoms with van der Waals surface area (Å²) in [5.74, 6) is 0.118. The average molecular weight is 443 g/mol. The van der Waals surface area contributed by atoms with Crippen LogP contribution in [0.2, 0.25) is 0 Å². The lowest BCUT2D eigenvalue weighted by Gasteiger charge is -2.37. The van der Waals surface area contributed by atoms with Gasteiger partial charge in [-0.15, -0.1) is 0 Å². The van der Waals surface area contributed by atoms with E-state index in [0.29, 0.717) is 55.3 Å². The summed E-state index contributed by atoms with van der Waals surface area (Å²) in [6.45, 7) is 1.19. The summed E-state index contributed by atoms with van der Waals surface area (Å²) in [5.41, 5.74) is 1.07. The Morgan fingerprint density at radius 2 is 2.09 bits per heavy atom. The van der Waals surface area contributed by atoms with Gasteiger partial charge in [0.25, 0.3) is 0 Å². The zero-order valence-electron chi connectivity index (χ0n) is 18.8. The summed E-state index contributed by atoms with van der Waals surface area (Å²) < 4.78 is 19.9. The van der Waals surface area contributed by atoms with Crippen LogP contribution in [0.25, 0.3) is 11.1 Å². The quantitative estimate of drug-likeness (QED) is 0.765. The van der Waals surface area contributed by atoms with Crippen LogP contribution in [0.3, 0.4) is 0 Å². The molecule has 0 spiro atoms. The number of ether oxygens (including phenoxy) is 1. The fraction of sp³-hybridized carbons (Fsp3) is 0.542. The highest BCUT2D eigenvalue weighted by atomic mass is 19.1. The standard InChI is InChI=1S/C24H31FN4O3/c1-28(2)23-26-15-19(17-7-6-8-18(25)13-17)22(27-23)20-16-29(11-12-32-20)21(30)14-24(31)9-4-3-5-10-24/h6-8,13,15,20,31H,3-5,9-12,14,16H2,1-2H3. The van der Waals surface area contributed by atoms with E-state index in [-0.39, 0.29) is 18.1 Å². The molecule has 8 heteroatoms. The molecule has 1 saturated heterocycles. The molecule has 1 atom stereocenters. The number of nitrogens with zero attached hydrogens (tertiary/aromatic N) is 4. The van der Waals surface area contributed by atoms with E-state index in [1.54, 1.807) is 22.1 Å². The van der Waals surface area contributed by atoms with E-state index >= 15 is 0 Å². The molecule has 2 fully saturated rings. The predicted molar refractivity (Wildman–Crippen MR) is 120 cm³/mol. The SMILES string of the molecule is CN(C)c1ncc(-c2cccc(F)c2)c(C2CN(C(=O)CC3(O)CCCCC3)CCO2)n1. The van der Waals surface area contributed by atoms with E-state index in [2.05, 4.69) is 4.98 Å². The third-order valence-electron chi connectivity index (χ3n) is 6.33. The molecule has 1 amide bonds. The monoisotopic (exact) mass is 442 g/mol. The molecule has 1 aromatic heterocycles. The van der Waals surface area contributed by atoms with Gasteiger partial charge in [0.15, 0.2) is 0 Å². The summed E-state index contributed by atoms with van der Waals surface area (Å²) in [6.07, 6.45) is 5.74. The average Bonchev–Trinajstić information content (AvgIpc) is 2.79. The molecular formula is C24H31FN4O3. The smallest absolute Gasteiger partial charge is 0.225 e. The molecule has 2 aromatic rings. The maximum Gasteiger partial charge on any atom is 0.225 e. The zero-order valence-corrected chi connectivity index (χ0v) is 18.8. The van der Waals surface area contributed by atoms with Crippen LogP contribution in [0.5, 0.6) is 0 Å². The molecule has 7 nitrogen and oxygen atoms in total. The summed E-state index contributed by atoms with van der Waals surface area (Å²) >= 11 is 0. The van der Waals surface area contributed by atoms with Crippen LogP contribution in [-0.2, 0) is 9.53 Å². The molecule has 1 aliphatic carbocycles. The van der Waals surface area contributed by atoms with Crippen molar-refractivity contribution in [3.63, 3.8) is 0 Å². The highest BCUT2D eigenvalue weighted by molar-refractivity contribution is 5.77. The number of carbonyl (C=O) groups excluding carboxylic acids is 1. The summed E-state index contributed by atoms with van der Waals surface area (Å²) in [4.78, 5) is 25.7. The first kappa shape index (κ1) is 22.6. The van der Waals surface area contributed by atoms with Crippen LogP contribution in [0.4, 0.5) is 10.3 Å². The molecule has 1 aliphatic heterocycles. The van der Waals surface area contributed by atoms with Gasteiger partial charge in [-0.1, -0.05) is 31.4 Å². The number of rotatable bonds is 5. The minimum Gasteiger partial charge on any atom is -0.389 e. The Bertz CT molecular complexity index is 962. The molecule has 1 saturated carbocycles. The number of aliphatic hydroxyl groups is 1. The van der Waals surface area contributed by atoms with Gasteiger partial charge in [0.1, 0.15) is 11.9 Å². The molecule has 2 aliphatic rings. The lowest BCUT2D eigenvalue weighted by molar-refractivity contribution is -0.145. The van der Waals surface area contributed by atoms with Crippen LogP contribution in [0, 0.1) is 5.82 Å². The van der Waals surface area contributed by atoms with E-state index in [4.69, 9.17) is 9.72 Å². The zero-order chi connectivity index (χ0) is 22.7. The molecule has 1 aromatic carbocycles. The molecule has 0 bridgehead atoms. The lowest BCUT2D eigenvalue weighted by atomic mass is 9.82. The number of anilines is 1. The van der Waals surface area contributed by atoms with Crippen molar-refractivity contribution in [3.8, 4) is 11.1 Å². The fourth-order valence-electron chi connectivity index (χ4n) is 4.55. The van der Waals surface area contributed by atoms with Crippen molar-refractivity contribution in [3.05, 3.63) is 42.0 Å². The van der Waals surface area contributed by atoms with Gasteiger partial charge in [-0.25, -0.2) is 14.4 Å². The number of amides is 1. The van der Waals surface area contributed by atoms with Crippen LogP contribution < -0.4 is 4.90 Å². The first-order valence-electron chi connectivity index (χ1n) is 11.3. The number of aromatic nitrogens is 2. The van der Waals surface area contributed by atoms with Crippen LogP contribution >= 0.6 is 0 Å². The van der Waals surface area contributed by atoms with Crippen molar-refractivity contribution >= 4 is 11.9 Å². The maximum atomic E-state index is 13.9. The van der Waals surface area contributed by atoms with Crippen molar-refractivity contribution in [2.45, 2.75) is 50.2 Å². The fourth-order valence-corrected chi connectivity index (χ4v) is 4.55. The van der Waals surface area contributed by atoms with E-state index < -0.39 is 11.7 Å². The highest BCUT2D eigenvalue weighted by Crippen LogP contribution is 2.34. The summed E-state index contributed by atoms with van der Waals surface area (Å²) in [7, 11) is 3.70. The Balaban J connectivity index is 1.59. The molecule has 2 heterocycles. The molecule has 32 heavy (non-hydrogen) atoms. The van der Waals surface area contributed by atoms with E-state index in [1.165, 1.54) is 12.1 Å². The Labute approximate surface area is 188 Å². The third-order valence-corrected chi connectivity index (χ3v) is 6.33. The van der Waals surface area contributed by atoms with Gasteiger partial charge in [0.05, 0.1) is 30.9 Å². The van der Waals surface area contributed by atoms with Crippen molar-refractivity contribution in [1.82, 2.24) is 14.9 Å². The second-order valence-corrected chi connectivity index (χ2v) is 9.03. The third kappa shape index (κ3) is 5.07. The second-order valence-electron chi connectivity index (χ2n) is 9.03. The minimum absolute atomic E-state index is 0.0584. The van der Waals surface area contributed by atoms with Gasteiger partial charge in [-0.05, 0) is 30.5 Å². The van der Waals surface area contributed by atoms with Crippen molar-refractivity contribution in [2.24, 2.45) is 0 Å². The minimum atomic E-state index is -0.900. The number of halogens is 1. The van der Waals surface area contributed by atoms with Gasteiger partial charge in [-0.3, -0.25) is 4.79 Å². The molecule has 1 unspecified atom stereocenters. The normalized spacial score (nSPS) is 20.8. The maximum absolute atomic E-state index is 13.9. The van der Waals surface area contributed by atoms with Crippen molar-refractivity contribution in [1.29, 1.82) is 0 Å². The number of hydrogen-bond donors (Lipinski definition) is 1. The summed E-state index contributed by atoms with van der Waals surface area (Å²) in [5, 5.41) is 10.8. The Kier molecular flexibility index (Phi) is 6.71. The van der Waals surface area contributed by atoms with Crippen LogP contribution in [0.15, 0.2) is 30.5 Å². The van der Waals surface area contributed by atoms with Crippen molar-refractivity contribution in [2.75, 3.05) is 38.7 Å². The van der Waals surface area contributed by atoms with Gasteiger partial charge in [0.2, 0.25) is 11.9 Å². The lowest BCUT2D eigenvalue weighted by Crippen LogP contribution is -2.46. The number of hydrogen-bond acceptors (Lipinski definition) is 6. The first-order valence-corrected chi connectivity index (χ1v) is 11.3. The number of morpholine rings is 1. The molecule has 1 N–H and O–H groups in total. The van der Waals surface area contributed by atoms with Gasteiger partial charge in [-0.2, -0.15) is 0 Å². The van der Waals surface area contributed by atoms with Gasteiger partial charge >= 0.3 is 0 Å². The number of carbonyl (C=O) groups is 1. The Morgan fingerprint density at radius 3 is 2.81 bits per heavy atom. The second kappa shape index (κ2) is 9.50. The van der Waals surface area contributed by atoms with E-state index in [1.807, 2.05) is 20.2 Å². The van der Waals surface area contributed by atoms with Crippen LogP contribution in [0.1, 0.15) is 50.3 Å². The van der Waals surface area contributed by atoms with Gasteiger partial charge < -0.3 is 19.6 Å². The Hall–Kier alpha value is -2.58. The van der Waals surface area contributed by atoms with E-state index in [0.717, 1.165) is 19.3 Å². The predicted octanol–water partition coefficient (Wildman–Crippen LogP) is 3.33. The first-order chi connectivity index (χ1) is 15.3. The van der Waals surface area contributed by atoms with Gasteiger partial charge in [0, 0.05) is 32.4 Å². The summed E-state index contributed by atoms with van der Waals surface area (Å²) in [6, 6.07) is 6.30. The highest BCUT2D eigenvalue weighted by Gasteiger charge is 2.36. The van der Waals surface area contributed by atoms with E-state index in [9.17, 15) is 14.3 Å². The van der Waals surface area contributed by atoms with Crippen LogP contribution in [-0.4, -0.2) is 65.3 Å². The Morgan fingerprint density at radius 1 is 1.31 bits per heavy atom. The molecule has 0 radical (unpaired) electrons. The molecule has 172 valence electrons.